The maximum atomic E-state index is 12.3. The number of para-hydroxylation sites is 2. The van der Waals surface area contributed by atoms with Gasteiger partial charge in [-0.25, -0.2) is 4.98 Å². The number of aryl methyl sites for hydroxylation is 1. The van der Waals surface area contributed by atoms with Gasteiger partial charge < -0.3 is 9.47 Å². The van der Waals surface area contributed by atoms with Gasteiger partial charge in [0.1, 0.15) is 18.1 Å². The molecule has 0 aliphatic carbocycles. The van der Waals surface area contributed by atoms with Gasteiger partial charge in [0.2, 0.25) is 5.91 Å². The van der Waals surface area contributed by atoms with Gasteiger partial charge in [-0.05, 0) is 36.8 Å². The van der Waals surface area contributed by atoms with Crippen molar-refractivity contribution < 1.29 is 14.3 Å². The number of hydrogen-bond donors (Lipinski definition) is 0. The summed E-state index contributed by atoms with van der Waals surface area (Å²) >= 11 is 7.53. The van der Waals surface area contributed by atoms with Crippen molar-refractivity contribution in [2.24, 2.45) is 0 Å². The Bertz CT molecular complexity index is 958. The second kappa shape index (κ2) is 8.41. The monoisotopic (exact) mass is 402 g/mol. The van der Waals surface area contributed by atoms with Crippen LogP contribution in [0.15, 0.2) is 47.8 Å². The van der Waals surface area contributed by atoms with Crippen LogP contribution in [0.2, 0.25) is 5.02 Å². The zero-order chi connectivity index (χ0) is 19.4. The number of amides is 1. The molecule has 0 N–H and O–H groups in total. The lowest BCUT2D eigenvalue weighted by Crippen LogP contribution is -2.23. The Morgan fingerprint density at radius 2 is 2.00 bits per heavy atom. The summed E-state index contributed by atoms with van der Waals surface area (Å²) in [4.78, 5) is 18.4. The second-order valence-corrected chi connectivity index (χ2v) is 7.11. The third-order valence-electron chi connectivity index (χ3n) is 3.83. The summed E-state index contributed by atoms with van der Waals surface area (Å²) in [5, 5.41) is 2.97. The van der Waals surface area contributed by atoms with E-state index < -0.39 is 0 Å². The van der Waals surface area contributed by atoms with E-state index in [1.807, 2.05) is 48.7 Å². The number of hydrogen-bond acceptors (Lipinski definition) is 5. The number of thiazole rings is 1. The summed E-state index contributed by atoms with van der Waals surface area (Å²) in [6.07, 6.45) is 0. The third-order valence-corrected chi connectivity index (χ3v) is 5.02. The molecule has 0 aliphatic heterocycles. The molecule has 140 valence electrons. The highest BCUT2D eigenvalue weighted by molar-refractivity contribution is 7.14. The molecule has 7 heteroatoms. The lowest BCUT2D eigenvalue weighted by atomic mass is 10.2. The van der Waals surface area contributed by atoms with Crippen molar-refractivity contribution in [1.82, 2.24) is 4.98 Å². The first-order valence-electron chi connectivity index (χ1n) is 8.26. The molecule has 1 aromatic heterocycles. The number of halogens is 1. The Morgan fingerprint density at radius 1 is 1.22 bits per heavy atom. The fourth-order valence-electron chi connectivity index (χ4n) is 2.56. The van der Waals surface area contributed by atoms with Crippen molar-refractivity contribution in [2.75, 3.05) is 12.0 Å². The molecule has 2 aromatic carbocycles. The largest absolute Gasteiger partial charge is 0.495 e. The lowest BCUT2D eigenvalue weighted by molar-refractivity contribution is -0.115. The third kappa shape index (κ3) is 4.40. The van der Waals surface area contributed by atoms with E-state index in [4.69, 9.17) is 21.1 Å². The molecule has 27 heavy (non-hydrogen) atoms. The molecule has 0 atom stereocenters. The van der Waals surface area contributed by atoms with Crippen LogP contribution < -0.4 is 14.4 Å². The Labute approximate surface area is 167 Å². The van der Waals surface area contributed by atoms with E-state index in [0.29, 0.717) is 33.0 Å². The lowest BCUT2D eigenvalue weighted by Gasteiger charge is -2.20. The highest BCUT2D eigenvalue weighted by atomic mass is 35.5. The highest BCUT2D eigenvalue weighted by Crippen LogP contribution is 2.35. The Hall–Kier alpha value is -2.57. The van der Waals surface area contributed by atoms with Crippen LogP contribution in [0.5, 0.6) is 11.5 Å². The minimum atomic E-state index is -0.150. The molecule has 1 heterocycles. The summed E-state index contributed by atoms with van der Waals surface area (Å²) in [5.74, 6) is 1.06. The van der Waals surface area contributed by atoms with Crippen LogP contribution in [0, 0.1) is 6.92 Å². The van der Waals surface area contributed by atoms with Crippen molar-refractivity contribution >= 4 is 39.7 Å². The van der Waals surface area contributed by atoms with Gasteiger partial charge in [-0.15, -0.1) is 11.3 Å². The van der Waals surface area contributed by atoms with E-state index in [1.54, 1.807) is 13.2 Å². The Kier molecular flexibility index (Phi) is 5.98. The van der Waals surface area contributed by atoms with Crippen molar-refractivity contribution in [1.29, 1.82) is 0 Å². The quantitative estimate of drug-likeness (QED) is 0.555. The van der Waals surface area contributed by atoms with Gasteiger partial charge in [0.25, 0.3) is 0 Å². The molecule has 0 bridgehead atoms. The molecule has 0 radical (unpaired) electrons. The van der Waals surface area contributed by atoms with Crippen LogP contribution in [0.1, 0.15) is 18.2 Å². The van der Waals surface area contributed by atoms with Crippen molar-refractivity contribution in [3.05, 3.63) is 64.1 Å². The molecule has 1 amide bonds. The van der Waals surface area contributed by atoms with Crippen LogP contribution in [0.3, 0.4) is 0 Å². The normalized spacial score (nSPS) is 10.5. The molecule has 0 spiro atoms. The summed E-state index contributed by atoms with van der Waals surface area (Å²) in [6, 6.07) is 12.9. The van der Waals surface area contributed by atoms with E-state index in [1.165, 1.54) is 23.2 Å². The first-order chi connectivity index (χ1) is 13.0. The number of carbonyl (C=O) groups is 1. The summed E-state index contributed by atoms with van der Waals surface area (Å²) in [5.41, 5.74) is 2.43. The summed E-state index contributed by atoms with van der Waals surface area (Å²) in [6.45, 7) is 3.73. The number of ether oxygens (including phenoxy) is 2. The zero-order valence-electron chi connectivity index (χ0n) is 15.2. The number of nitrogens with zero attached hydrogens (tertiary/aromatic N) is 2. The fraction of sp³-hybridized carbons (Fsp3) is 0.200. The Morgan fingerprint density at radius 3 is 2.74 bits per heavy atom. The topological polar surface area (TPSA) is 51.7 Å². The first kappa shape index (κ1) is 19.2. The number of anilines is 2. The van der Waals surface area contributed by atoms with Crippen molar-refractivity contribution in [2.45, 2.75) is 20.5 Å². The smallest absolute Gasteiger partial charge is 0.230 e. The molecular formula is C20H19ClN2O3S. The van der Waals surface area contributed by atoms with Gasteiger partial charge in [-0.2, -0.15) is 0 Å². The second-order valence-electron chi connectivity index (χ2n) is 5.87. The predicted octanol–water partition coefficient (Wildman–Crippen LogP) is 5.38. The van der Waals surface area contributed by atoms with E-state index in [-0.39, 0.29) is 12.5 Å². The van der Waals surface area contributed by atoms with Crippen molar-refractivity contribution in [3.63, 3.8) is 0 Å². The molecule has 0 unspecified atom stereocenters. The molecule has 0 saturated carbocycles. The maximum Gasteiger partial charge on any atom is 0.230 e. The van der Waals surface area contributed by atoms with Crippen LogP contribution >= 0.6 is 22.9 Å². The first-order valence-corrected chi connectivity index (χ1v) is 9.52. The van der Waals surface area contributed by atoms with Gasteiger partial charge in [0.05, 0.1) is 23.5 Å². The van der Waals surface area contributed by atoms with Gasteiger partial charge in [-0.3, -0.25) is 9.69 Å². The van der Waals surface area contributed by atoms with Gasteiger partial charge >= 0.3 is 0 Å². The molecule has 0 saturated heterocycles. The van der Waals surface area contributed by atoms with Gasteiger partial charge in [0, 0.05) is 12.3 Å². The zero-order valence-corrected chi connectivity index (χ0v) is 16.8. The SMILES string of the molecule is COc1ccccc1N(C(C)=O)c1nc(COc2cc(C)ccc2Cl)cs1. The number of rotatable bonds is 6. The fourth-order valence-corrected chi connectivity index (χ4v) is 3.60. The minimum absolute atomic E-state index is 0.150. The maximum absolute atomic E-state index is 12.3. The van der Waals surface area contributed by atoms with Crippen LogP contribution in [-0.4, -0.2) is 18.0 Å². The van der Waals surface area contributed by atoms with Crippen molar-refractivity contribution in [3.8, 4) is 11.5 Å². The average molecular weight is 403 g/mol. The van der Waals surface area contributed by atoms with Gasteiger partial charge in [0.15, 0.2) is 5.13 Å². The number of carbonyl (C=O) groups excluding carboxylic acids is 1. The van der Waals surface area contributed by atoms with E-state index in [9.17, 15) is 4.79 Å². The molecular weight excluding hydrogens is 384 g/mol. The Balaban J connectivity index is 1.82. The number of methoxy groups -OCH3 is 1. The standard InChI is InChI=1S/C20H19ClN2O3S/c1-13-8-9-16(21)19(10-13)26-11-15-12-27-20(22-15)23(14(2)24)17-6-4-5-7-18(17)25-3/h4-10,12H,11H2,1-3H3. The van der Waals surface area contributed by atoms with E-state index in [2.05, 4.69) is 4.98 Å². The molecule has 3 rings (SSSR count). The summed E-state index contributed by atoms with van der Waals surface area (Å²) < 4.78 is 11.2. The molecule has 0 fully saturated rings. The van der Waals surface area contributed by atoms with E-state index in [0.717, 1.165) is 5.56 Å². The van der Waals surface area contributed by atoms with Gasteiger partial charge in [-0.1, -0.05) is 29.8 Å². The van der Waals surface area contributed by atoms with Crippen LogP contribution in [0.4, 0.5) is 10.8 Å². The molecule has 0 aliphatic rings. The number of benzene rings is 2. The highest BCUT2D eigenvalue weighted by Gasteiger charge is 2.21. The van der Waals surface area contributed by atoms with Crippen LogP contribution in [-0.2, 0) is 11.4 Å². The number of aromatic nitrogens is 1. The van der Waals surface area contributed by atoms with E-state index >= 15 is 0 Å². The molecule has 5 nitrogen and oxygen atoms in total. The van der Waals surface area contributed by atoms with Crippen LogP contribution in [0.25, 0.3) is 0 Å². The predicted molar refractivity (Wildman–Crippen MR) is 108 cm³/mol. The molecule has 3 aromatic rings. The minimum Gasteiger partial charge on any atom is -0.495 e. The average Bonchev–Trinajstić information content (AvgIpc) is 3.11. The summed E-state index contributed by atoms with van der Waals surface area (Å²) in [7, 11) is 1.57.